The molecule has 4 rings (SSSR count). The molecule has 0 atom stereocenters. The van der Waals surface area contributed by atoms with Crippen LogP contribution in [0.15, 0.2) is 101 Å². The van der Waals surface area contributed by atoms with Crippen LogP contribution in [0, 0.1) is 0 Å². The number of aromatic nitrogens is 2. The van der Waals surface area contributed by atoms with Gasteiger partial charge in [-0.3, -0.25) is 0 Å². The molecule has 0 aliphatic rings. The summed E-state index contributed by atoms with van der Waals surface area (Å²) in [4.78, 5) is 10.2. The molecule has 2 aromatic heterocycles. The lowest BCUT2D eigenvalue weighted by Crippen LogP contribution is -1.88. The van der Waals surface area contributed by atoms with E-state index < -0.39 is 0 Å². The number of nitrogens with zero attached hydrogens (tertiary/aromatic N) is 2. The fourth-order valence-electron chi connectivity index (χ4n) is 2.68. The van der Waals surface area contributed by atoms with Crippen molar-refractivity contribution < 1.29 is 5.11 Å². The summed E-state index contributed by atoms with van der Waals surface area (Å²) in [5, 5.41) is 11.0. The Morgan fingerprint density at radius 1 is 0.731 bits per heavy atom. The maximum Gasteiger partial charge on any atom is 0.124 e. The Morgan fingerprint density at radius 2 is 1.54 bits per heavy atom. The number of hydrogen-bond donors (Lipinski definition) is 1. The molecule has 0 spiro atoms. The summed E-state index contributed by atoms with van der Waals surface area (Å²) >= 11 is 1.62. The number of pyridine rings is 2. The van der Waals surface area contributed by atoms with Crippen molar-refractivity contribution in [1.82, 2.24) is 9.97 Å². The molecule has 0 saturated heterocycles. The third-order valence-electron chi connectivity index (χ3n) is 3.92. The molecular weight excluding hydrogens is 340 g/mol. The Kier molecular flexibility index (Phi) is 4.67. The Balaban J connectivity index is 1.67. The molecule has 126 valence electrons. The third kappa shape index (κ3) is 3.60. The van der Waals surface area contributed by atoms with Gasteiger partial charge in [0.1, 0.15) is 10.8 Å². The molecule has 2 heterocycles. The molecule has 0 amide bonds. The van der Waals surface area contributed by atoms with Crippen molar-refractivity contribution in [2.45, 2.75) is 9.92 Å². The highest BCUT2D eigenvalue weighted by Crippen LogP contribution is 2.31. The van der Waals surface area contributed by atoms with Gasteiger partial charge in [-0.1, -0.05) is 48.2 Å². The predicted molar refractivity (Wildman–Crippen MR) is 105 cm³/mol. The van der Waals surface area contributed by atoms with Crippen LogP contribution in [-0.2, 0) is 0 Å². The third-order valence-corrected chi connectivity index (χ3v) is 4.86. The van der Waals surface area contributed by atoms with Crippen LogP contribution in [0.25, 0.3) is 22.5 Å². The van der Waals surface area contributed by atoms with Gasteiger partial charge in [-0.15, -0.1) is 0 Å². The van der Waals surface area contributed by atoms with E-state index in [4.69, 9.17) is 4.98 Å². The zero-order valence-electron chi connectivity index (χ0n) is 13.9. The minimum Gasteiger partial charge on any atom is -0.507 e. The molecular formula is C22H16N2OS. The standard InChI is InChI=1S/C22H16N2OS/c25-21-12-2-1-9-18(21)20-11-6-10-19(24-20)16-7-5-8-17(15-16)26-22-13-3-4-14-23-22/h1-15,25H. The largest absolute Gasteiger partial charge is 0.507 e. The van der Waals surface area contributed by atoms with E-state index in [1.165, 1.54) is 0 Å². The lowest BCUT2D eigenvalue weighted by Gasteiger charge is -2.08. The first-order chi connectivity index (χ1) is 12.8. The second kappa shape index (κ2) is 7.42. The van der Waals surface area contributed by atoms with Crippen molar-refractivity contribution in [3.05, 3.63) is 91.1 Å². The zero-order chi connectivity index (χ0) is 17.8. The highest BCUT2D eigenvalue weighted by Gasteiger charge is 2.08. The second-order valence-corrected chi connectivity index (χ2v) is 6.82. The maximum absolute atomic E-state index is 10.1. The molecule has 0 radical (unpaired) electrons. The minimum absolute atomic E-state index is 0.233. The highest BCUT2D eigenvalue weighted by molar-refractivity contribution is 7.99. The first-order valence-corrected chi connectivity index (χ1v) is 9.06. The van der Waals surface area contributed by atoms with Gasteiger partial charge in [-0.2, -0.15) is 0 Å². The fraction of sp³-hybridized carbons (Fsp3) is 0. The van der Waals surface area contributed by atoms with E-state index in [-0.39, 0.29) is 5.75 Å². The number of benzene rings is 2. The molecule has 0 aliphatic carbocycles. The molecule has 4 heteroatoms. The molecule has 26 heavy (non-hydrogen) atoms. The quantitative estimate of drug-likeness (QED) is 0.512. The average Bonchev–Trinajstić information content (AvgIpc) is 2.69. The summed E-state index contributed by atoms with van der Waals surface area (Å²) in [5.41, 5.74) is 3.38. The van der Waals surface area contributed by atoms with Gasteiger partial charge in [0, 0.05) is 22.2 Å². The molecule has 0 saturated carbocycles. The van der Waals surface area contributed by atoms with E-state index in [1.54, 1.807) is 30.1 Å². The Hall–Kier alpha value is -3.11. The van der Waals surface area contributed by atoms with Gasteiger partial charge in [-0.05, 0) is 48.5 Å². The summed E-state index contributed by atoms with van der Waals surface area (Å²) in [5.74, 6) is 0.233. The molecule has 1 N–H and O–H groups in total. The Bertz CT molecular complexity index is 1030. The lowest BCUT2D eigenvalue weighted by atomic mass is 10.1. The van der Waals surface area contributed by atoms with Gasteiger partial charge in [0.2, 0.25) is 0 Å². The van der Waals surface area contributed by atoms with Crippen LogP contribution in [-0.4, -0.2) is 15.1 Å². The van der Waals surface area contributed by atoms with E-state index in [0.717, 1.165) is 32.4 Å². The van der Waals surface area contributed by atoms with Gasteiger partial charge >= 0.3 is 0 Å². The normalized spacial score (nSPS) is 10.6. The fourth-order valence-corrected chi connectivity index (χ4v) is 3.52. The van der Waals surface area contributed by atoms with Crippen LogP contribution in [0.4, 0.5) is 0 Å². The van der Waals surface area contributed by atoms with Crippen molar-refractivity contribution >= 4 is 11.8 Å². The lowest BCUT2D eigenvalue weighted by molar-refractivity contribution is 0.477. The molecule has 2 aromatic carbocycles. The van der Waals surface area contributed by atoms with Crippen molar-refractivity contribution in [1.29, 1.82) is 0 Å². The SMILES string of the molecule is Oc1ccccc1-c1cccc(-c2cccc(Sc3ccccn3)c2)n1. The highest BCUT2D eigenvalue weighted by atomic mass is 32.2. The van der Waals surface area contributed by atoms with E-state index in [1.807, 2.05) is 60.7 Å². The number of phenols is 1. The summed E-state index contributed by atoms with van der Waals surface area (Å²) in [7, 11) is 0. The average molecular weight is 356 g/mol. The predicted octanol–water partition coefficient (Wildman–Crippen LogP) is 5.67. The minimum atomic E-state index is 0.233. The maximum atomic E-state index is 10.1. The molecule has 3 nitrogen and oxygen atoms in total. The van der Waals surface area contributed by atoms with Gasteiger partial charge in [0.25, 0.3) is 0 Å². The number of rotatable bonds is 4. The van der Waals surface area contributed by atoms with Crippen molar-refractivity contribution in [2.75, 3.05) is 0 Å². The van der Waals surface area contributed by atoms with Gasteiger partial charge < -0.3 is 5.11 Å². The first kappa shape index (κ1) is 16.4. The number of hydrogen-bond acceptors (Lipinski definition) is 4. The van der Waals surface area contributed by atoms with Crippen LogP contribution in [0.3, 0.4) is 0 Å². The van der Waals surface area contributed by atoms with Crippen molar-refractivity contribution in [3.8, 4) is 28.3 Å². The van der Waals surface area contributed by atoms with Crippen molar-refractivity contribution in [3.63, 3.8) is 0 Å². The van der Waals surface area contributed by atoms with E-state index in [2.05, 4.69) is 17.1 Å². The summed E-state index contributed by atoms with van der Waals surface area (Å²) in [6, 6.07) is 27.2. The first-order valence-electron chi connectivity index (χ1n) is 8.24. The number of phenolic OH excluding ortho intramolecular Hbond substituents is 1. The molecule has 0 bridgehead atoms. The molecule has 0 aliphatic heterocycles. The van der Waals surface area contributed by atoms with Gasteiger partial charge in [0.05, 0.1) is 11.4 Å². The van der Waals surface area contributed by atoms with Crippen LogP contribution in [0.2, 0.25) is 0 Å². The number of para-hydroxylation sites is 1. The van der Waals surface area contributed by atoms with E-state index >= 15 is 0 Å². The van der Waals surface area contributed by atoms with Gasteiger partial charge in [-0.25, -0.2) is 9.97 Å². The molecule has 0 fully saturated rings. The Morgan fingerprint density at radius 3 is 2.38 bits per heavy atom. The van der Waals surface area contributed by atoms with Crippen LogP contribution in [0.5, 0.6) is 5.75 Å². The van der Waals surface area contributed by atoms with Crippen LogP contribution in [0.1, 0.15) is 0 Å². The second-order valence-electron chi connectivity index (χ2n) is 5.72. The van der Waals surface area contributed by atoms with Crippen molar-refractivity contribution in [2.24, 2.45) is 0 Å². The summed E-state index contributed by atoms with van der Waals surface area (Å²) in [6.45, 7) is 0. The smallest absolute Gasteiger partial charge is 0.124 e. The molecule has 4 aromatic rings. The van der Waals surface area contributed by atoms with E-state index in [9.17, 15) is 5.11 Å². The summed E-state index contributed by atoms with van der Waals surface area (Å²) in [6.07, 6.45) is 1.80. The zero-order valence-corrected chi connectivity index (χ0v) is 14.7. The van der Waals surface area contributed by atoms with Gasteiger partial charge in [0.15, 0.2) is 0 Å². The van der Waals surface area contributed by atoms with E-state index in [0.29, 0.717) is 0 Å². The van der Waals surface area contributed by atoms with Crippen LogP contribution >= 0.6 is 11.8 Å². The Labute approximate surface area is 156 Å². The summed E-state index contributed by atoms with van der Waals surface area (Å²) < 4.78 is 0. The number of aromatic hydroxyl groups is 1. The van der Waals surface area contributed by atoms with Crippen LogP contribution < -0.4 is 0 Å². The molecule has 0 unspecified atom stereocenters. The topological polar surface area (TPSA) is 46.0 Å². The monoisotopic (exact) mass is 356 g/mol.